The Labute approximate surface area is 112 Å². The van der Waals surface area contributed by atoms with Crippen molar-refractivity contribution in [3.63, 3.8) is 0 Å². The van der Waals surface area contributed by atoms with Crippen molar-refractivity contribution in [2.45, 2.75) is 45.4 Å². The van der Waals surface area contributed by atoms with Gasteiger partial charge >= 0.3 is 5.97 Å². The summed E-state index contributed by atoms with van der Waals surface area (Å²) in [4.78, 5) is 13.6. The van der Waals surface area contributed by atoms with E-state index in [1.54, 1.807) is 13.3 Å². The molecule has 0 saturated heterocycles. The molecule has 2 rings (SSSR count). The van der Waals surface area contributed by atoms with Crippen molar-refractivity contribution in [1.82, 2.24) is 25.0 Å². The van der Waals surface area contributed by atoms with Crippen LogP contribution in [-0.4, -0.2) is 55.4 Å². The molecule has 0 aliphatic carbocycles. The lowest BCUT2D eigenvalue weighted by Crippen LogP contribution is -2.59. The van der Waals surface area contributed by atoms with Crippen molar-refractivity contribution in [1.29, 1.82) is 0 Å². The number of aromatic nitrogens is 3. The predicted octanol–water partition coefficient (Wildman–Crippen LogP) is -0.0650. The van der Waals surface area contributed by atoms with Crippen LogP contribution in [0.5, 0.6) is 0 Å². The van der Waals surface area contributed by atoms with E-state index >= 15 is 0 Å². The average molecular weight is 267 g/mol. The fraction of sp³-hybridized carbons (Fsp3) is 0.750. The second kappa shape index (κ2) is 5.26. The van der Waals surface area contributed by atoms with Crippen molar-refractivity contribution in [2.75, 3.05) is 13.1 Å². The van der Waals surface area contributed by atoms with E-state index < -0.39 is 11.5 Å². The minimum atomic E-state index is -0.948. The van der Waals surface area contributed by atoms with Gasteiger partial charge in [-0.25, -0.2) is 0 Å². The van der Waals surface area contributed by atoms with Crippen LogP contribution in [0.25, 0.3) is 0 Å². The Morgan fingerprint density at radius 1 is 1.58 bits per heavy atom. The maximum Gasteiger partial charge on any atom is 0.324 e. The zero-order valence-corrected chi connectivity index (χ0v) is 11.6. The van der Waals surface area contributed by atoms with Crippen LogP contribution < -0.4 is 5.32 Å². The molecule has 0 aromatic carbocycles. The summed E-state index contributed by atoms with van der Waals surface area (Å²) in [7, 11) is 0. The molecule has 1 unspecified atom stereocenters. The summed E-state index contributed by atoms with van der Waals surface area (Å²) in [6.07, 6.45) is 1.72. The quantitative estimate of drug-likeness (QED) is 0.777. The van der Waals surface area contributed by atoms with Crippen LogP contribution in [0.15, 0.2) is 6.33 Å². The van der Waals surface area contributed by atoms with Crippen molar-refractivity contribution in [2.24, 2.45) is 0 Å². The maximum atomic E-state index is 11.5. The van der Waals surface area contributed by atoms with Gasteiger partial charge in [0.1, 0.15) is 17.7 Å². The first kappa shape index (κ1) is 14.0. The number of nitrogens with zero attached hydrogens (tertiary/aromatic N) is 4. The van der Waals surface area contributed by atoms with E-state index in [2.05, 4.69) is 20.4 Å². The summed E-state index contributed by atoms with van der Waals surface area (Å²) in [5, 5.41) is 20.5. The Bertz CT molecular complexity index is 459. The van der Waals surface area contributed by atoms with E-state index in [9.17, 15) is 9.90 Å². The standard InChI is InChI=1S/C12H21N5O2/c1-9(2)14-12(3,11(18)19)7-16-4-5-17-8-13-15-10(17)6-16/h8-9,14H,4-7H2,1-3H3,(H,18,19). The molecule has 0 spiro atoms. The summed E-state index contributed by atoms with van der Waals surface area (Å²) in [5.74, 6) is 0.0665. The molecule has 19 heavy (non-hydrogen) atoms. The highest BCUT2D eigenvalue weighted by atomic mass is 16.4. The number of aliphatic carboxylic acids is 1. The number of fused-ring (bicyclic) bond motifs is 1. The molecule has 0 fully saturated rings. The monoisotopic (exact) mass is 267 g/mol. The van der Waals surface area contributed by atoms with Crippen molar-refractivity contribution in [3.8, 4) is 0 Å². The minimum Gasteiger partial charge on any atom is -0.480 e. The van der Waals surface area contributed by atoms with E-state index in [1.165, 1.54) is 0 Å². The Balaban J connectivity index is 2.05. The molecule has 1 aromatic heterocycles. The number of carboxylic acid groups (broad SMARTS) is 1. The molecule has 7 heteroatoms. The Kier molecular flexibility index (Phi) is 3.86. The van der Waals surface area contributed by atoms with Crippen LogP contribution in [0.3, 0.4) is 0 Å². The normalized spacial score (nSPS) is 19.2. The highest BCUT2D eigenvalue weighted by molar-refractivity contribution is 5.78. The van der Waals surface area contributed by atoms with Crippen LogP contribution in [0.4, 0.5) is 0 Å². The summed E-state index contributed by atoms with van der Waals surface area (Å²) < 4.78 is 2.00. The van der Waals surface area contributed by atoms with Crippen molar-refractivity contribution >= 4 is 5.97 Å². The summed E-state index contributed by atoms with van der Waals surface area (Å²) in [6, 6.07) is 0.120. The fourth-order valence-corrected chi connectivity index (χ4v) is 2.51. The number of rotatable bonds is 5. The zero-order chi connectivity index (χ0) is 14.0. The van der Waals surface area contributed by atoms with Gasteiger partial charge in [-0.15, -0.1) is 10.2 Å². The largest absolute Gasteiger partial charge is 0.480 e. The topological polar surface area (TPSA) is 83.3 Å². The van der Waals surface area contributed by atoms with Crippen LogP contribution in [-0.2, 0) is 17.9 Å². The second-order valence-electron chi connectivity index (χ2n) is 5.59. The second-order valence-corrected chi connectivity index (χ2v) is 5.59. The first-order chi connectivity index (χ1) is 8.90. The lowest BCUT2D eigenvalue weighted by atomic mass is 10.00. The van der Waals surface area contributed by atoms with Gasteiger partial charge in [0.25, 0.3) is 0 Å². The van der Waals surface area contributed by atoms with Gasteiger partial charge in [0.05, 0.1) is 6.54 Å². The van der Waals surface area contributed by atoms with E-state index in [0.717, 1.165) is 18.9 Å². The molecule has 1 aliphatic heterocycles. The lowest BCUT2D eigenvalue weighted by molar-refractivity contribution is -0.145. The Hall–Kier alpha value is -1.47. The van der Waals surface area contributed by atoms with Crippen LogP contribution in [0.1, 0.15) is 26.6 Å². The van der Waals surface area contributed by atoms with Gasteiger partial charge in [-0.3, -0.25) is 15.0 Å². The minimum absolute atomic E-state index is 0.120. The van der Waals surface area contributed by atoms with Crippen LogP contribution in [0, 0.1) is 0 Å². The van der Waals surface area contributed by atoms with Gasteiger partial charge in [-0.2, -0.15) is 0 Å². The number of hydrogen-bond acceptors (Lipinski definition) is 5. The average Bonchev–Trinajstić information content (AvgIpc) is 2.74. The van der Waals surface area contributed by atoms with E-state index in [-0.39, 0.29) is 6.04 Å². The molecular formula is C12H21N5O2. The summed E-state index contributed by atoms with van der Waals surface area (Å²) in [6.45, 7) is 8.35. The van der Waals surface area contributed by atoms with Crippen molar-refractivity contribution in [3.05, 3.63) is 12.2 Å². The third-order valence-corrected chi connectivity index (χ3v) is 3.34. The van der Waals surface area contributed by atoms with Gasteiger partial charge in [0.15, 0.2) is 0 Å². The Morgan fingerprint density at radius 3 is 2.95 bits per heavy atom. The van der Waals surface area contributed by atoms with Gasteiger partial charge in [-0.1, -0.05) is 0 Å². The summed E-state index contributed by atoms with van der Waals surface area (Å²) >= 11 is 0. The van der Waals surface area contributed by atoms with E-state index in [4.69, 9.17) is 0 Å². The van der Waals surface area contributed by atoms with Gasteiger partial charge in [0, 0.05) is 25.7 Å². The molecule has 1 aromatic rings. The molecule has 0 saturated carbocycles. The smallest absolute Gasteiger partial charge is 0.324 e. The summed E-state index contributed by atoms with van der Waals surface area (Å²) in [5.41, 5.74) is -0.948. The highest BCUT2D eigenvalue weighted by Gasteiger charge is 2.36. The molecule has 2 N–H and O–H groups in total. The number of carboxylic acids is 1. The maximum absolute atomic E-state index is 11.5. The van der Waals surface area contributed by atoms with Gasteiger partial charge in [-0.05, 0) is 20.8 Å². The van der Waals surface area contributed by atoms with E-state index in [0.29, 0.717) is 13.1 Å². The molecule has 1 aliphatic rings. The van der Waals surface area contributed by atoms with Crippen LogP contribution in [0.2, 0.25) is 0 Å². The van der Waals surface area contributed by atoms with Gasteiger partial charge < -0.3 is 9.67 Å². The SMILES string of the molecule is CC(C)NC(C)(CN1CCn2cnnc2C1)C(=O)O. The third-order valence-electron chi connectivity index (χ3n) is 3.34. The number of carbonyl (C=O) groups is 1. The lowest BCUT2D eigenvalue weighted by Gasteiger charge is -2.36. The molecule has 2 heterocycles. The molecule has 106 valence electrons. The van der Waals surface area contributed by atoms with Gasteiger partial charge in [0.2, 0.25) is 0 Å². The Morgan fingerprint density at radius 2 is 2.32 bits per heavy atom. The molecular weight excluding hydrogens is 246 g/mol. The molecule has 1 atom stereocenters. The molecule has 0 bridgehead atoms. The van der Waals surface area contributed by atoms with E-state index in [1.807, 2.05) is 18.4 Å². The molecule has 7 nitrogen and oxygen atoms in total. The first-order valence-electron chi connectivity index (χ1n) is 6.51. The molecule has 0 amide bonds. The van der Waals surface area contributed by atoms with Crippen molar-refractivity contribution < 1.29 is 9.90 Å². The highest BCUT2D eigenvalue weighted by Crippen LogP contribution is 2.14. The molecule has 0 radical (unpaired) electrons. The zero-order valence-electron chi connectivity index (χ0n) is 11.6. The van der Waals surface area contributed by atoms with Crippen LogP contribution >= 0.6 is 0 Å². The fourth-order valence-electron chi connectivity index (χ4n) is 2.51. The predicted molar refractivity (Wildman–Crippen MR) is 69.6 cm³/mol. The third kappa shape index (κ3) is 3.10. The number of hydrogen-bond donors (Lipinski definition) is 2. The first-order valence-corrected chi connectivity index (χ1v) is 6.51. The number of nitrogens with one attached hydrogen (secondary N) is 1.